The SMILES string of the molecule is O=C(NC[C@@H](c1cccs1)N1CCc2ccccc21)C(=O)Nc1ccc([N+](=O)[O-])cc1. The first-order valence-electron chi connectivity index (χ1n) is 9.74. The molecule has 0 radical (unpaired) electrons. The third-order valence-electron chi connectivity index (χ3n) is 5.17. The number of nitro groups is 1. The molecule has 1 aliphatic heterocycles. The second-order valence-electron chi connectivity index (χ2n) is 7.07. The highest BCUT2D eigenvalue weighted by Crippen LogP contribution is 2.36. The number of benzene rings is 2. The van der Waals surface area contributed by atoms with Crippen LogP contribution < -0.4 is 15.5 Å². The summed E-state index contributed by atoms with van der Waals surface area (Å²) in [6.45, 7) is 1.12. The van der Waals surface area contributed by atoms with Crippen LogP contribution >= 0.6 is 11.3 Å². The minimum Gasteiger partial charge on any atom is -0.361 e. The van der Waals surface area contributed by atoms with Crippen molar-refractivity contribution in [2.75, 3.05) is 23.3 Å². The first kappa shape index (κ1) is 20.5. The number of anilines is 2. The molecular formula is C22H20N4O4S. The summed E-state index contributed by atoms with van der Waals surface area (Å²) in [5.41, 5.74) is 2.64. The summed E-state index contributed by atoms with van der Waals surface area (Å²) in [6.07, 6.45) is 0.937. The molecule has 158 valence electrons. The van der Waals surface area contributed by atoms with E-state index in [1.165, 1.54) is 29.8 Å². The topological polar surface area (TPSA) is 105 Å². The van der Waals surface area contributed by atoms with E-state index in [1.54, 1.807) is 11.3 Å². The molecule has 2 heterocycles. The van der Waals surface area contributed by atoms with Gasteiger partial charge in [0.15, 0.2) is 0 Å². The van der Waals surface area contributed by atoms with Gasteiger partial charge in [-0.15, -0.1) is 11.3 Å². The van der Waals surface area contributed by atoms with Crippen molar-refractivity contribution in [3.05, 3.63) is 86.6 Å². The van der Waals surface area contributed by atoms with E-state index in [4.69, 9.17) is 0 Å². The van der Waals surface area contributed by atoms with E-state index in [-0.39, 0.29) is 18.3 Å². The van der Waals surface area contributed by atoms with Gasteiger partial charge in [-0.3, -0.25) is 19.7 Å². The molecule has 0 unspecified atom stereocenters. The maximum absolute atomic E-state index is 12.4. The first-order valence-corrected chi connectivity index (χ1v) is 10.6. The normalized spacial score (nSPS) is 13.4. The van der Waals surface area contributed by atoms with E-state index >= 15 is 0 Å². The predicted octanol–water partition coefficient (Wildman–Crippen LogP) is 3.52. The average Bonchev–Trinajstić information content (AvgIpc) is 3.45. The molecule has 9 heteroatoms. The fraction of sp³-hybridized carbons (Fsp3) is 0.182. The van der Waals surface area contributed by atoms with Gasteiger partial charge in [-0.25, -0.2) is 0 Å². The number of nitrogens with zero attached hydrogens (tertiary/aromatic N) is 2. The quantitative estimate of drug-likeness (QED) is 0.350. The van der Waals surface area contributed by atoms with Gasteiger partial charge in [0.05, 0.1) is 11.0 Å². The van der Waals surface area contributed by atoms with Crippen molar-refractivity contribution >= 4 is 40.2 Å². The third kappa shape index (κ3) is 4.56. The molecule has 0 spiro atoms. The molecule has 1 atom stereocenters. The second kappa shape index (κ2) is 8.97. The Morgan fingerprint density at radius 1 is 1.06 bits per heavy atom. The number of non-ortho nitro benzene ring substituents is 1. The number of thiophene rings is 1. The Kier molecular flexibility index (Phi) is 5.94. The van der Waals surface area contributed by atoms with Crippen LogP contribution in [0.3, 0.4) is 0 Å². The highest BCUT2D eigenvalue weighted by molar-refractivity contribution is 7.10. The van der Waals surface area contributed by atoms with Crippen molar-refractivity contribution in [2.24, 2.45) is 0 Å². The van der Waals surface area contributed by atoms with Gasteiger partial charge >= 0.3 is 11.8 Å². The zero-order valence-corrected chi connectivity index (χ0v) is 17.3. The minimum atomic E-state index is -0.819. The molecule has 2 aromatic carbocycles. The van der Waals surface area contributed by atoms with Crippen LogP contribution in [-0.2, 0) is 16.0 Å². The molecule has 31 heavy (non-hydrogen) atoms. The van der Waals surface area contributed by atoms with Crippen molar-refractivity contribution < 1.29 is 14.5 Å². The summed E-state index contributed by atoms with van der Waals surface area (Å²) in [4.78, 5) is 38.3. The number of amides is 2. The maximum atomic E-state index is 12.4. The van der Waals surface area contributed by atoms with Crippen molar-refractivity contribution in [1.82, 2.24) is 5.32 Å². The lowest BCUT2D eigenvalue weighted by atomic mass is 10.1. The van der Waals surface area contributed by atoms with E-state index < -0.39 is 16.7 Å². The Morgan fingerprint density at radius 2 is 1.84 bits per heavy atom. The highest BCUT2D eigenvalue weighted by atomic mass is 32.1. The zero-order valence-electron chi connectivity index (χ0n) is 16.5. The number of hydrogen-bond acceptors (Lipinski definition) is 6. The van der Waals surface area contributed by atoms with E-state index in [9.17, 15) is 19.7 Å². The average molecular weight is 436 g/mol. The Labute approximate surface area is 182 Å². The fourth-order valence-electron chi connectivity index (χ4n) is 3.66. The number of hydrogen-bond donors (Lipinski definition) is 2. The Morgan fingerprint density at radius 3 is 2.55 bits per heavy atom. The molecule has 4 rings (SSSR count). The lowest BCUT2D eigenvalue weighted by Gasteiger charge is -2.30. The molecular weight excluding hydrogens is 416 g/mol. The molecule has 0 bridgehead atoms. The van der Waals surface area contributed by atoms with E-state index in [0.29, 0.717) is 5.69 Å². The first-order chi connectivity index (χ1) is 15.0. The number of para-hydroxylation sites is 1. The van der Waals surface area contributed by atoms with Gasteiger partial charge in [-0.2, -0.15) is 0 Å². The molecule has 0 saturated carbocycles. The van der Waals surface area contributed by atoms with Crippen LogP contribution in [0, 0.1) is 10.1 Å². The number of nitrogens with one attached hydrogen (secondary N) is 2. The lowest BCUT2D eigenvalue weighted by Crippen LogP contribution is -2.41. The summed E-state index contributed by atoms with van der Waals surface area (Å²) in [5, 5.41) is 17.9. The van der Waals surface area contributed by atoms with Crippen LogP contribution in [0.1, 0.15) is 16.5 Å². The summed E-state index contributed by atoms with van der Waals surface area (Å²) in [6, 6.07) is 17.4. The van der Waals surface area contributed by atoms with E-state index in [2.05, 4.69) is 27.7 Å². The van der Waals surface area contributed by atoms with Gasteiger partial charge in [-0.1, -0.05) is 24.3 Å². The standard InChI is InChI=1S/C22H20N4O4S/c27-21(22(28)24-16-7-9-17(10-8-16)26(29)30)23-14-19(20-6-3-13-31-20)25-12-11-15-4-1-2-5-18(15)25/h1-10,13,19H,11-12,14H2,(H,23,27)(H,24,28)/t19-/m0/s1. The molecule has 3 aromatic rings. The smallest absolute Gasteiger partial charge is 0.313 e. The zero-order chi connectivity index (χ0) is 21.8. The summed E-state index contributed by atoms with van der Waals surface area (Å²) in [7, 11) is 0. The molecule has 2 amide bonds. The number of rotatable bonds is 6. The second-order valence-corrected chi connectivity index (χ2v) is 8.05. The van der Waals surface area contributed by atoms with Gasteiger partial charge in [0.25, 0.3) is 5.69 Å². The number of carbonyl (C=O) groups excluding carboxylic acids is 2. The number of nitro benzene ring substituents is 1. The van der Waals surface area contributed by atoms with Crippen molar-refractivity contribution in [3.8, 4) is 0 Å². The third-order valence-corrected chi connectivity index (χ3v) is 6.14. The summed E-state index contributed by atoms with van der Waals surface area (Å²) in [5.74, 6) is -1.58. The van der Waals surface area contributed by atoms with Crippen LogP contribution in [-0.4, -0.2) is 29.8 Å². The van der Waals surface area contributed by atoms with E-state index in [1.807, 2.05) is 29.6 Å². The summed E-state index contributed by atoms with van der Waals surface area (Å²) < 4.78 is 0. The maximum Gasteiger partial charge on any atom is 0.313 e. The van der Waals surface area contributed by atoms with Gasteiger partial charge in [-0.05, 0) is 41.6 Å². The minimum absolute atomic E-state index is 0.0835. The predicted molar refractivity (Wildman–Crippen MR) is 119 cm³/mol. The van der Waals surface area contributed by atoms with Crippen molar-refractivity contribution in [1.29, 1.82) is 0 Å². The van der Waals surface area contributed by atoms with Crippen LogP contribution in [0.25, 0.3) is 0 Å². The molecule has 2 N–H and O–H groups in total. The largest absolute Gasteiger partial charge is 0.361 e. The molecule has 1 aromatic heterocycles. The van der Waals surface area contributed by atoms with Crippen molar-refractivity contribution in [2.45, 2.75) is 12.5 Å². The van der Waals surface area contributed by atoms with E-state index in [0.717, 1.165) is 23.5 Å². The van der Waals surface area contributed by atoms with Crippen LogP contribution in [0.2, 0.25) is 0 Å². The van der Waals surface area contributed by atoms with Crippen LogP contribution in [0.5, 0.6) is 0 Å². The molecule has 1 aliphatic rings. The molecule has 0 saturated heterocycles. The van der Waals surface area contributed by atoms with Gasteiger partial charge in [0.1, 0.15) is 0 Å². The fourth-order valence-corrected chi connectivity index (χ4v) is 4.50. The Balaban J connectivity index is 1.42. The molecule has 8 nitrogen and oxygen atoms in total. The van der Waals surface area contributed by atoms with Gasteiger partial charge in [0, 0.05) is 41.5 Å². The number of carbonyl (C=O) groups is 2. The monoisotopic (exact) mass is 436 g/mol. The molecule has 0 aliphatic carbocycles. The lowest BCUT2D eigenvalue weighted by molar-refractivity contribution is -0.384. The summed E-state index contributed by atoms with van der Waals surface area (Å²) >= 11 is 1.61. The highest BCUT2D eigenvalue weighted by Gasteiger charge is 2.28. The van der Waals surface area contributed by atoms with Crippen molar-refractivity contribution in [3.63, 3.8) is 0 Å². The van der Waals surface area contributed by atoms with Crippen LogP contribution in [0.4, 0.5) is 17.1 Å². The van der Waals surface area contributed by atoms with Crippen LogP contribution in [0.15, 0.2) is 66.0 Å². The van der Waals surface area contributed by atoms with Gasteiger partial charge < -0.3 is 15.5 Å². The Bertz CT molecular complexity index is 1100. The Hall–Kier alpha value is -3.72. The van der Waals surface area contributed by atoms with Gasteiger partial charge in [0.2, 0.25) is 0 Å². The number of fused-ring (bicyclic) bond motifs is 1. The molecule has 0 fully saturated rings.